The molecule has 1 fully saturated rings. The van der Waals surface area contributed by atoms with Gasteiger partial charge in [0.1, 0.15) is 0 Å². The van der Waals surface area contributed by atoms with Gasteiger partial charge in [-0.2, -0.15) is 11.8 Å². The van der Waals surface area contributed by atoms with Gasteiger partial charge < -0.3 is 19.1 Å². The zero-order valence-corrected chi connectivity index (χ0v) is 18.8. The quantitative estimate of drug-likeness (QED) is 0.623. The Morgan fingerprint density at radius 2 is 1.77 bits per heavy atom. The minimum absolute atomic E-state index is 0.0229. The Labute approximate surface area is 183 Å². The van der Waals surface area contributed by atoms with Crippen LogP contribution in [0.25, 0.3) is 6.08 Å². The minimum Gasteiger partial charge on any atom is -0.493 e. The van der Waals surface area contributed by atoms with Crippen molar-refractivity contribution < 1.29 is 19.0 Å². The molecule has 1 aliphatic heterocycles. The smallest absolute Gasteiger partial charge is 0.246 e. The summed E-state index contributed by atoms with van der Waals surface area (Å²) in [5.41, 5.74) is 3.52. The first kappa shape index (κ1) is 22.1. The Balaban J connectivity index is 1.69. The third-order valence-electron chi connectivity index (χ3n) is 5.29. The molecule has 0 aromatic heterocycles. The van der Waals surface area contributed by atoms with Crippen LogP contribution < -0.4 is 14.2 Å². The predicted molar refractivity (Wildman–Crippen MR) is 123 cm³/mol. The zero-order chi connectivity index (χ0) is 21.5. The van der Waals surface area contributed by atoms with E-state index < -0.39 is 0 Å². The first-order valence-electron chi connectivity index (χ1n) is 10.0. The maximum atomic E-state index is 12.8. The second-order valence-electron chi connectivity index (χ2n) is 7.12. The van der Waals surface area contributed by atoms with Crippen LogP contribution in [0.15, 0.2) is 42.5 Å². The highest BCUT2D eigenvalue weighted by molar-refractivity contribution is 7.99. The average molecular weight is 428 g/mol. The Morgan fingerprint density at radius 1 is 1.07 bits per heavy atom. The molecular weight excluding hydrogens is 398 g/mol. The third kappa shape index (κ3) is 5.11. The second kappa shape index (κ2) is 10.4. The number of ether oxygens (including phenoxy) is 3. The summed E-state index contributed by atoms with van der Waals surface area (Å²) >= 11 is 1.94. The zero-order valence-electron chi connectivity index (χ0n) is 18.0. The summed E-state index contributed by atoms with van der Waals surface area (Å²) in [5.74, 6) is 2.63. The molecule has 1 saturated heterocycles. The fraction of sp³-hybridized carbons (Fsp3) is 0.375. The lowest BCUT2D eigenvalue weighted by Gasteiger charge is -2.19. The number of amides is 1. The van der Waals surface area contributed by atoms with Crippen LogP contribution in [0, 0.1) is 6.92 Å². The summed E-state index contributed by atoms with van der Waals surface area (Å²) in [6, 6.07) is 12.2. The van der Waals surface area contributed by atoms with Gasteiger partial charge in [-0.15, -0.1) is 0 Å². The molecule has 160 valence electrons. The molecule has 1 amide bonds. The molecule has 1 aliphatic rings. The van der Waals surface area contributed by atoms with Crippen LogP contribution >= 0.6 is 11.8 Å². The second-order valence-corrected chi connectivity index (χ2v) is 8.43. The van der Waals surface area contributed by atoms with Crippen LogP contribution in [0.4, 0.5) is 0 Å². The van der Waals surface area contributed by atoms with E-state index in [1.54, 1.807) is 33.5 Å². The lowest BCUT2D eigenvalue weighted by atomic mass is 10.0. The largest absolute Gasteiger partial charge is 0.493 e. The number of carbonyl (C=O) groups is 1. The van der Waals surface area contributed by atoms with Crippen molar-refractivity contribution >= 4 is 23.7 Å². The van der Waals surface area contributed by atoms with E-state index in [0.717, 1.165) is 30.8 Å². The van der Waals surface area contributed by atoms with E-state index in [4.69, 9.17) is 14.2 Å². The molecule has 0 bridgehead atoms. The van der Waals surface area contributed by atoms with Gasteiger partial charge in [0.15, 0.2) is 11.5 Å². The Kier molecular flexibility index (Phi) is 7.69. The molecule has 2 aromatic rings. The number of methoxy groups -OCH3 is 3. The van der Waals surface area contributed by atoms with Crippen molar-refractivity contribution in [3.8, 4) is 17.2 Å². The molecule has 3 rings (SSSR count). The predicted octanol–water partition coefficient (Wildman–Crippen LogP) is 4.74. The maximum Gasteiger partial charge on any atom is 0.246 e. The third-order valence-corrected chi connectivity index (χ3v) is 6.60. The Morgan fingerprint density at radius 3 is 2.40 bits per heavy atom. The van der Waals surface area contributed by atoms with Gasteiger partial charge in [-0.25, -0.2) is 0 Å². The standard InChI is InChI=1S/C24H29NO4S/c1-17-7-5-6-8-19(17)22-11-12-25(13-14-30-22)23(26)10-9-18-15-20(27-2)24(29-4)21(16-18)28-3/h5-10,15-16,22H,11-14H2,1-4H3/b10-9+. The number of hydrogen-bond donors (Lipinski definition) is 0. The first-order valence-corrected chi connectivity index (χ1v) is 11.1. The number of benzene rings is 2. The summed E-state index contributed by atoms with van der Waals surface area (Å²) in [6.45, 7) is 3.67. The van der Waals surface area contributed by atoms with Gasteiger partial charge in [0.2, 0.25) is 11.7 Å². The van der Waals surface area contributed by atoms with Crippen molar-refractivity contribution in [3.05, 3.63) is 59.2 Å². The van der Waals surface area contributed by atoms with Crippen molar-refractivity contribution in [1.29, 1.82) is 0 Å². The van der Waals surface area contributed by atoms with E-state index in [1.165, 1.54) is 11.1 Å². The van der Waals surface area contributed by atoms with E-state index in [-0.39, 0.29) is 5.91 Å². The summed E-state index contributed by atoms with van der Waals surface area (Å²) in [4.78, 5) is 14.7. The number of hydrogen-bond acceptors (Lipinski definition) is 5. The van der Waals surface area contributed by atoms with Gasteiger partial charge >= 0.3 is 0 Å². The monoisotopic (exact) mass is 427 g/mol. The van der Waals surface area contributed by atoms with E-state index >= 15 is 0 Å². The van der Waals surface area contributed by atoms with Crippen molar-refractivity contribution in [2.45, 2.75) is 18.6 Å². The molecule has 1 unspecified atom stereocenters. The molecule has 0 radical (unpaired) electrons. The van der Waals surface area contributed by atoms with Crippen LogP contribution in [0.2, 0.25) is 0 Å². The van der Waals surface area contributed by atoms with Crippen molar-refractivity contribution in [1.82, 2.24) is 4.90 Å². The van der Waals surface area contributed by atoms with Gasteiger partial charge in [-0.1, -0.05) is 24.3 Å². The summed E-state index contributed by atoms with van der Waals surface area (Å²) < 4.78 is 16.1. The van der Waals surface area contributed by atoms with E-state index in [2.05, 4.69) is 31.2 Å². The van der Waals surface area contributed by atoms with Crippen LogP contribution in [0.3, 0.4) is 0 Å². The molecular formula is C24H29NO4S. The van der Waals surface area contributed by atoms with Gasteiger partial charge in [0.25, 0.3) is 0 Å². The molecule has 0 N–H and O–H groups in total. The Hall–Kier alpha value is -2.60. The lowest BCUT2D eigenvalue weighted by molar-refractivity contribution is -0.125. The van der Waals surface area contributed by atoms with Gasteiger partial charge in [0.05, 0.1) is 21.3 Å². The molecule has 6 heteroatoms. The normalized spacial score (nSPS) is 16.9. The van der Waals surface area contributed by atoms with Crippen LogP contribution in [0.1, 0.15) is 28.4 Å². The maximum absolute atomic E-state index is 12.8. The molecule has 30 heavy (non-hydrogen) atoms. The average Bonchev–Trinajstić information content (AvgIpc) is 3.03. The van der Waals surface area contributed by atoms with Crippen molar-refractivity contribution in [3.63, 3.8) is 0 Å². The minimum atomic E-state index is 0.0229. The van der Waals surface area contributed by atoms with Gasteiger partial charge in [0, 0.05) is 30.2 Å². The molecule has 0 aliphatic carbocycles. The molecule has 0 spiro atoms. The highest BCUT2D eigenvalue weighted by atomic mass is 32.2. The van der Waals surface area contributed by atoms with Gasteiger partial charge in [-0.05, 0) is 48.2 Å². The number of nitrogens with zero attached hydrogens (tertiary/aromatic N) is 1. The van der Waals surface area contributed by atoms with Crippen LogP contribution in [-0.4, -0.2) is 51.0 Å². The van der Waals surface area contributed by atoms with E-state index in [1.807, 2.05) is 28.8 Å². The molecule has 2 aromatic carbocycles. The van der Waals surface area contributed by atoms with Crippen LogP contribution in [0.5, 0.6) is 17.2 Å². The molecule has 5 nitrogen and oxygen atoms in total. The summed E-state index contributed by atoms with van der Waals surface area (Å²) in [7, 11) is 4.73. The fourth-order valence-electron chi connectivity index (χ4n) is 3.66. The highest BCUT2D eigenvalue weighted by Gasteiger charge is 2.22. The fourth-order valence-corrected chi connectivity index (χ4v) is 4.98. The number of aryl methyl sites for hydroxylation is 1. The van der Waals surface area contributed by atoms with E-state index in [0.29, 0.717) is 22.5 Å². The summed E-state index contributed by atoms with van der Waals surface area (Å²) in [6.07, 6.45) is 4.38. The SMILES string of the molecule is COc1cc(/C=C/C(=O)N2CCSC(c3ccccc3C)CC2)cc(OC)c1OC. The first-order chi connectivity index (χ1) is 14.6. The molecule has 1 heterocycles. The number of carbonyl (C=O) groups excluding carboxylic acids is 1. The summed E-state index contributed by atoms with van der Waals surface area (Å²) in [5, 5.41) is 0.433. The molecule has 1 atom stereocenters. The number of thioether (sulfide) groups is 1. The number of rotatable bonds is 6. The van der Waals surface area contributed by atoms with Crippen molar-refractivity contribution in [2.24, 2.45) is 0 Å². The highest BCUT2D eigenvalue weighted by Crippen LogP contribution is 2.39. The topological polar surface area (TPSA) is 48.0 Å². The van der Waals surface area contributed by atoms with Gasteiger partial charge in [-0.3, -0.25) is 4.79 Å². The Bertz CT molecular complexity index is 887. The molecule has 0 saturated carbocycles. The lowest BCUT2D eigenvalue weighted by Crippen LogP contribution is -2.31. The van der Waals surface area contributed by atoms with Crippen molar-refractivity contribution in [2.75, 3.05) is 40.2 Å². The van der Waals surface area contributed by atoms with E-state index in [9.17, 15) is 4.79 Å². The van der Waals surface area contributed by atoms with Crippen LogP contribution in [-0.2, 0) is 4.79 Å².